The van der Waals surface area contributed by atoms with E-state index < -0.39 is 23.9 Å². The van der Waals surface area contributed by atoms with Crippen molar-refractivity contribution in [3.8, 4) is 0 Å². The number of fused-ring (bicyclic) bond motifs is 1. The topological polar surface area (TPSA) is 247 Å². The Bertz CT molecular complexity index is 1200. The highest BCUT2D eigenvalue weighted by Crippen LogP contribution is 2.19. The second-order valence-electron chi connectivity index (χ2n) is 7.20. The Kier molecular flexibility index (Phi) is 8.17. The molecule has 0 saturated carbocycles. The van der Waals surface area contributed by atoms with Gasteiger partial charge in [-0.15, -0.1) is 0 Å². The number of rotatable bonds is 9. The predicted octanol–water partition coefficient (Wildman–Crippen LogP) is 0.645. The molecule has 0 fully saturated rings. The third-order valence-electron chi connectivity index (χ3n) is 4.72. The summed E-state index contributed by atoms with van der Waals surface area (Å²) < 4.78 is 0. The molecular weight excluding hydrogens is 446 g/mol. The van der Waals surface area contributed by atoms with Crippen LogP contribution >= 0.6 is 0 Å². The molecule has 0 radical (unpaired) electrons. The molecule has 0 bridgehead atoms. The normalized spacial score (nSPS) is 11.3. The van der Waals surface area contributed by atoms with Gasteiger partial charge in [-0.3, -0.25) is 9.59 Å². The smallest absolute Gasteiger partial charge is 0.326 e. The molecule has 14 heteroatoms. The molecule has 0 aliphatic heterocycles. The minimum atomic E-state index is -1.30. The lowest BCUT2D eigenvalue weighted by Gasteiger charge is -2.19. The number of nitrogens with one attached hydrogen (secondary N) is 1. The standard InChI is InChI=1S/C20H22N8O5.H3N/c1-28(9-11-8-23-17-15(24-11)16(21)26-20(22)27-17)12-4-2-10(3-5-12)18(31)25-13(19(32)33)6-7-14(29)30;/h2-5,8,13H,6-7,9H2,1H3,(H,25,31)(H,29,30)(H,32,33)(H4,21,22,23,26,27);1H3/p+1/t13-;/m1./s1. The molecule has 0 aliphatic carbocycles. The Labute approximate surface area is 193 Å². The molecule has 3 aromatic rings. The molecule has 3 rings (SSSR count). The molecule has 1 atom stereocenters. The van der Waals surface area contributed by atoms with E-state index >= 15 is 0 Å². The second-order valence-corrected chi connectivity index (χ2v) is 7.20. The van der Waals surface area contributed by atoms with Crippen molar-refractivity contribution in [2.75, 3.05) is 23.4 Å². The maximum absolute atomic E-state index is 12.4. The van der Waals surface area contributed by atoms with Gasteiger partial charge in [0.15, 0.2) is 17.0 Å². The summed E-state index contributed by atoms with van der Waals surface area (Å²) in [6.07, 6.45) is 0.964. The van der Waals surface area contributed by atoms with Crippen LogP contribution in [-0.2, 0) is 16.1 Å². The zero-order valence-corrected chi connectivity index (χ0v) is 18.6. The highest BCUT2D eigenvalue weighted by molar-refractivity contribution is 5.97. The van der Waals surface area contributed by atoms with Gasteiger partial charge < -0.3 is 38.0 Å². The fraction of sp³-hybridized carbons (Fsp3) is 0.250. The third kappa shape index (κ3) is 6.23. The van der Waals surface area contributed by atoms with Gasteiger partial charge in [0.25, 0.3) is 5.91 Å². The van der Waals surface area contributed by atoms with Crippen LogP contribution in [0.4, 0.5) is 17.5 Å². The van der Waals surface area contributed by atoms with Crippen LogP contribution in [0.1, 0.15) is 28.9 Å². The SMILES string of the molecule is CN(Cc1cnc2nc(N)nc(N)c2n1)c1ccc(C(=O)N[C@H](CCC(=O)O)C(=O)O)cc1.[NH4+]. The van der Waals surface area contributed by atoms with E-state index in [-0.39, 0.29) is 36.3 Å². The van der Waals surface area contributed by atoms with E-state index in [1.165, 1.54) is 12.1 Å². The number of hydrogen-bond acceptors (Lipinski definition) is 10. The summed E-state index contributed by atoms with van der Waals surface area (Å²) in [6.45, 7) is 0.370. The van der Waals surface area contributed by atoms with Gasteiger partial charge in [0.1, 0.15) is 6.04 Å². The predicted molar refractivity (Wildman–Crippen MR) is 124 cm³/mol. The number of aromatic nitrogens is 4. The van der Waals surface area contributed by atoms with Crippen molar-refractivity contribution < 1.29 is 24.6 Å². The van der Waals surface area contributed by atoms with Gasteiger partial charge in [-0.25, -0.2) is 14.8 Å². The second kappa shape index (κ2) is 10.8. The van der Waals surface area contributed by atoms with Crippen molar-refractivity contribution in [2.45, 2.75) is 25.4 Å². The number of amides is 1. The molecular formula is C20H26N9O5+. The summed E-state index contributed by atoms with van der Waals surface area (Å²) in [6, 6.07) is 5.16. The largest absolute Gasteiger partial charge is 0.481 e. The van der Waals surface area contributed by atoms with Crippen molar-refractivity contribution in [3.63, 3.8) is 0 Å². The Hall–Kier alpha value is -4.59. The molecule has 0 aliphatic rings. The van der Waals surface area contributed by atoms with Crippen molar-refractivity contribution in [1.29, 1.82) is 0 Å². The molecule has 0 unspecified atom stereocenters. The van der Waals surface area contributed by atoms with Crippen LogP contribution in [0.5, 0.6) is 0 Å². The van der Waals surface area contributed by atoms with Gasteiger partial charge in [0.05, 0.1) is 18.4 Å². The van der Waals surface area contributed by atoms with Gasteiger partial charge in [-0.05, 0) is 30.7 Å². The minimum Gasteiger partial charge on any atom is -0.481 e. The summed E-state index contributed by atoms with van der Waals surface area (Å²) in [5.74, 6) is -2.91. The van der Waals surface area contributed by atoms with Crippen LogP contribution in [0.15, 0.2) is 30.5 Å². The summed E-state index contributed by atoms with van der Waals surface area (Å²) in [5.41, 5.74) is 13.7. The summed E-state index contributed by atoms with van der Waals surface area (Å²) >= 11 is 0. The van der Waals surface area contributed by atoms with Gasteiger partial charge >= 0.3 is 11.9 Å². The van der Waals surface area contributed by atoms with Crippen LogP contribution in [0.25, 0.3) is 11.2 Å². The molecule has 0 spiro atoms. The lowest BCUT2D eigenvalue weighted by molar-refractivity contribution is -0.140. The lowest BCUT2D eigenvalue weighted by Crippen LogP contribution is -2.41. The number of carbonyl (C=O) groups is 3. The number of carbonyl (C=O) groups excluding carboxylic acids is 1. The highest BCUT2D eigenvalue weighted by atomic mass is 16.4. The first-order valence-electron chi connectivity index (χ1n) is 9.75. The number of carboxylic acid groups (broad SMARTS) is 2. The van der Waals surface area contributed by atoms with Crippen molar-refractivity contribution in [1.82, 2.24) is 31.4 Å². The molecule has 14 nitrogen and oxygen atoms in total. The van der Waals surface area contributed by atoms with Gasteiger partial charge in [0, 0.05) is 24.7 Å². The first-order valence-corrected chi connectivity index (χ1v) is 9.75. The Balaban J connectivity index is 0.00000408. The van der Waals surface area contributed by atoms with Crippen LogP contribution in [-0.4, -0.2) is 61.1 Å². The molecule has 0 saturated heterocycles. The zero-order chi connectivity index (χ0) is 24.1. The van der Waals surface area contributed by atoms with Crippen LogP contribution in [0.3, 0.4) is 0 Å². The first kappa shape index (κ1) is 25.7. The van der Waals surface area contributed by atoms with Crippen molar-refractivity contribution >= 4 is 46.5 Å². The van der Waals surface area contributed by atoms with E-state index in [1.807, 2.05) is 11.9 Å². The minimum absolute atomic E-state index is 0. The number of benzene rings is 1. The van der Waals surface area contributed by atoms with E-state index in [1.54, 1.807) is 18.3 Å². The average Bonchev–Trinajstić information content (AvgIpc) is 2.76. The average molecular weight is 472 g/mol. The monoisotopic (exact) mass is 472 g/mol. The van der Waals surface area contributed by atoms with E-state index in [4.69, 9.17) is 16.6 Å². The molecule has 2 aromatic heterocycles. The van der Waals surface area contributed by atoms with E-state index in [9.17, 15) is 19.5 Å². The maximum Gasteiger partial charge on any atom is 0.326 e. The first-order chi connectivity index (χ1) is 15.6. The zero-order valence-electron chi connectivity index (χ0n) is 18.6. The maximum atomic E-state index is 12.4. The van der Waals surface area contributed by atoms with Gasteiger partial charge in [-0.2, -0.15) is 9.97 Å². The Morgan fingerprint density at radius 1 is 1.09 bits per heavy atom. The molecule has 1 amide bonds. The Morgan fingerprint density at radius 2 is 1.76 bits per heavy atom. The van der Waals surface area contributed by atoms with Gasteiger partial charge in [0.2, 0.25) is 5.95 Å². The molecule has 11 N–H and O–H groups in total. The number of carboxylic acids is 2. The van der Waals surface area contributed by atoms with Crippen LogP contribution < -0.4 is 27.8 Å². The van der Waals surface area contributed by atoms with E-state index in [2.05, 4.69) is 25.3 Å². The molecule has 1 aromatic carbocycles. The molecule has 34 heavy (non-hydrogen) atoms. The van der Waals surface area contributed by atoms with Crippen molar-refractivity contribution in [3.05, 3.63) is 41.7 Å². The van der Waals surface area contributed by atoms with Crippen LogP contribution in [0, 0.1) is 0 Å². The summed E-state index contributed by atoms with van der Waals surface area (Å²) in [4.78, 5) is 52.7. The molecule has 2 heterocycles. The lowest BCUT2D eigenvalue weighted by atomic mass is 10.1. The molecule has 180 valence electrons. The van der Waals surface area contributed by atoms with Gasteiger partial charge in [-0.1, -0.05) is 0 Å². The fourth-order valence-electron chi connectivity index (χ4n) is 3.03. The fourth-order valence-corrected chi connectivity index (χ4v) is 3.03. The highest BCUT2D eigenvalue weighted by Gasteiger charge is 2.21. The number of nitrogens with two attached hydrogens (primary N) is 2. The number of nitrogen functional groups attached to an aromatic ring is 2. The number of nitrogens with zero attached hydrogens (tertiary/aromatic N) is 5. The van der Waals surface area contributed by atoms with E-state index in [0.29, 0.717) is 23.4 Å². The number of quaternary nitrogens is 1. The quantitative estimate of drug-likeness (QED) is 0.251. The third-order valence-corrected chi connectivity index (χ3v) is 4.72. The number of hydrogen-bond donors (Lipinski definition) is 6. The number of aliphatic carboxylic acids is 2. The van der Waals surface area contributed by atoms with Crippen LogP contribution in [0.2, 0.25) is 0 Å². The van der Waals surface area contributed by atoms with Crippen molar-refractivity contribution in [2.24, 2.45) is 0 Å². The van der Waals surface area contributed by atoms with E-state index in [0.717, 1.165) is 5.69 Å². The number of anilines is 3. The summed E-state index contributed by atoms with van der Waals surface area (Å²) in [5, 5.41) is 20.2. The Morgan fingerprint density at radius 3 is 2.38 bits per heavy atom. The summed E-state index contributed by atoms with van der Waals surface area (Å²) in [7, 11) is 1.82.